The number of ether oxygens (including phenoxy) is 1. The Morgan fingerprint density at radius 2 is 2.17 bits per heavy atom. The molecule has 0 aliphatic carbocycles. The van der Waals surface area contributed by atoms with Crippen molar-refractivity contribution in [3.05, 3.63) is 15.6 Å². The normalized spacial score (nSPS) is 22.7. The molecule has 0 bridgehead atoms. The van der Waals surface area contributed by atoms with Crippen LogP contribution < -0.4 is 5.32 Å². The summed E-state index contributed by atoms with van der Waals surface area (Å²) >= 11 is 1.82. The van der Waals surface area contributed by atoms with Crippen molar-refractivity contribution in [3.63, 3.8) is 0 Å². The Balaban J connectivity index is 1.43. The van der Waals surface area contributed by atoms with Crippen molar-refractivity contribution in [2.45, 2.75) is 64.6 Å². The van der Waals surface area contributed by atoms with Crippen molar-refractivity contribution in [2.24, 2.45) is 0 Å². The van der Waals surface area contributed by atoms with Crippen LogP contribution in [0.2, 0.25) is 0 Å². The first-order chi connectivity index (χ1) is 11.2. The van der Waals surface area contributed by atoms with Crippen LogP contribution in [0.15, 0.2) is 0 Å². The quantitative estimate of drug-likeness (QED) is 0.895. The monoisotopic (exact) mass is 337 g/mol. The van der Waals surface area contributed by atoms with Gasteiger partial charge in [-0.2, -0.15) is 0 Å². The number of aryl methyl sites for hydroxylation is 2. The van der Waals surface area contributed by atoms with E-state index < -0.39 is 0 Å². The van der Waals surface area contributed by atoms with Gasteiger partial charge in [0.15, 0.2) is 0 Å². The standard InChI is InChI=1S/C17H27N3O2S/c1-3-16-19-12(2)15(23-16)11-18-13-6-8-20(9-7-13)17(21)14-5-4-10-22-14/h13-14,18H,3-11H2,1-2H3/t14-/m1/s1. The summed E-state index contributed by atoms with van der Waals surface area (Å²) in [5.74, 6) is 0.201. The van der Waals surface area contributed by atoms with Crippen LogP contribution in [0.5, 0.6) is 0 Å². The van der Waals surface area contributed by atoms with Gasteiger partial charge in [-0.3, -0.25) is 4.79 Å². The lowest BCUT2D eigenvalue weighted by Crippen LogP contribution is -2.47. The molecular formula is C17H27N3O2S. The second kappa shape index (κ2) is 7.73. The van der Waals surface area contributed by atoms with Gasteiger partial charge in [0.05, 0.1) is 10.7 Å². The molecule has 1 aromatic heterocycles. The van der Waals surface area contributed by atoms with Crippen LogP contribution in [-0.4, -0.2) is 47.6 Å². The number of rotatable bonds is 5. The van der Waals surface area contributed by atoms with Crippen molar-refractivity contribution < 1.29 is 9.53 Å². The highest BCUT2D eigenvalue weighted by Crippen LogP contribution is 2.21. The fourth-order valence-electron chi connectivity index (χ4n) is 3.32. The minimum Gasteiger partial charge on any atom is -0.368 e. The molecule has 2 aliphatic heterocycles. The largest absolute Gasteiger partial charge is 0.368 e. The molecule has 3 rings (SSSR count). The lowest BCUT2D eigenvalue weighted by Gasteiger charge is -2.33. The van der Waals surface area contributed by atoms with Crippen molar-refractivity contribution in [3.8, 4) is 0 Å². The molecule has 0 aromatic carbocycles. The van der Waals surface area contributed by atoms with Crippen molar-refractivity contribution in [1.82, 2.24) is 15.2 Å². The van der Waals surface area contributed by atoms with E-state index in [1.807, 2.05) is 16.2 Å². The van der Waals surface area contributed by atoms with E-state index in [0.29, 0.717) is 6.04 Å². The predicted molar refractivity (Wildman–Crippen MR) is 91.6 cm³/mol. The van der Waals surface area contributed by atoms with Gasteiger partial charge >= 0.3 is 0 Å². The third kappa shape index (κ3) is 4.11. The van der Waals surface area contributed by atoms with E-state index in [2.05, 4.69) is 24.1 Å². The molecule has 23 heavy (non-hydrogen) atoms. The first-order valence-electron chi connectivity index (χ1n) is 8.76. The van der Waals surface area contributed by atoms with Crippen molar-refractivity contribution in [2.75, 3.05) is 19.7 Å². The molecule has 3 heterocycles. The lowest BCUT2D eigenvalue weighted by atomic mass is 10.0. The zero-order chi connectivity index (χ0) is 16.2. The third-order valence-corrected chi connectivity index (χ3v) is 6.10. The number of likely N-dealkylation sites (tertiary alicyclic amines) is 1. The smallest absolute Gasteiger partial charge is 0.251 e. The zero-order valence-corrected chi connectivity index (χ0v) is 15.0. The van der Waals surface area contributed by atoms with Gasteiger partial charge in [-0.1, -0.05) is 6.92 Å². The zero-order valence-electron chi connectivity index (χ0n) is 14.1. The first-order valence-corrected chi connectivity index (χ1v) is 9.58. The Morgan fingerprint density at radius 1 is 1.39 bits per heavy atom. The number of carbonyl (C=O) groups is 1. The van der Waals surface area contributed by atoms with E-state index in [-0.39, 0.29) is 12.0 Å². The van der Waals surface area contributed by atoms with Gasteiger partial charge in [-0.15, -0.1) is 11.3 Å². The SMILES string of the molecule is CCc1nc(C)c(CNC2CCN(C(=O)[C@H]3CCCO3)CC2)s1. The fraction of sp³-hybridized carbons (Fsp3) is 0.765. The van der Waals surface area contributed by atoms with Crippen LogP contribution in [-0.2, 0) is 22.5 Å². The molecule has 1 atom stereocenters. The summed E-state index contributed by atoms with van der Waals surface area (Å²) in [5, 5.41) is 4.87. The Bertz CT molecular complexity index is 532. The predicted octanol–water partition coefficient (Wildman–Crippen LogP) is 2.27. The molecule has 0 unspecified atom stereocenters. The molecule has 2 fully saturated rings. The topological polar surface area (TPSA) is 54.5 Å². The number of carbonyl (C=O) groups excluding carboxylic acids is 1. The Kier molecular flexibility index (Phi) is 5.67. The number of nitrogens with one attached hydrogen (secondary N) is 1. The highest BCUT2D eigenvalue weighted by molar-refractivity contribution is 7.11. The highest BCUT2D eigenvalue weighted by atomic mass is 32.1. The number of nitrogens with zero attached hydrogens (tertiary/aromatic N) is 2. The van der Waals surface area contributed by atoms with Gasteiger partial charge in [-0.25, -0.2) is 4.98 Å². The minimum atomic E-state index is -0.174. The molecule has 6 heteroatoms. The van der Waals surface area contributed by atoms with E-state index in [1.54, 1.807) is 0 Å². The van der Waals surface area contributed by atoms with E-state index >= 15 is 0 Å². The molecule has 1 amide bonds. The number of piperidine rings is 1. The maximum atomic E-state index is 12.3. The molecule has 0 saturated carbocycles. The summed E-state index contributed by atoms with van der Waals surface area (Å²) in [7, 11) is 0. The highest BCUT2D eigenvalue weighted by Gasteiger charge is 2.30. The molecule has 0 radical (unpaired) electrons. The lowest BCUT2D eigenvalue weighted by molar-refractivity contribution is -0.142. The van der Waals surface area contributed by atoms with Crippen LogP contribution in [0, 0.1) is 6.92 Å². The summed E-state index contributed by atoms with van der Waals surface area (Å²) in [6.07, 6.45) is 4.79. The molecule has 1 aromatic rings. The van der Waals surface area contributed by atoms with Gasteiger partial charge in [0.2, 0.25) is 0 Å². The van der Waals surface area contributed by atoms with Crippen molar-refractivity contribution in [1.29, 1.82) is 0 Å². The molecular weight excluding hydrogens is 310 g/mol. The Hall–Kier alpha value is -0.980. The average molecular weight is 337 g/mol. The molecule has 5 nitrogen and oxygen atoms in total. The summed E-state index contributed by atoms with van der Waals surface area (Å²) in [5.41, 5.74) is 1.16. The van der Waals surface area contributed by atoms with E-state index in [4.69, 9.17) is 4.74 Å². The summed E-state index contributed by atoms with van der Waals surface area (Å²) in [4.78, 5) is 20.3. The van der Waals surface area contributed by atoms with Gasteiger partial charge in [-0.05, 0) is 39.0 Å². The fourth-order valence-corrected chi connectivity index (χ4v) is 4.28. The van der Waals surface area contributed by atoms with E-state index in [0.717, 1.165) is 64.0 Å². The van der Waals surface area contributed by atoms with Gasteiger partial charge in [0.1, 0.15) is 6.10 Å². The minimum absolute atomic E-state index is 0.174. The Morgan fingerprint density at radius 3 is 2.78 bits per heavy atom. The van der Waals surface area contributed by atoms with Crippen LogP contribution in [0.1, 0.15) is 48.2 Å². The number of hydrogen-bond donors (Lipinski definition) is 1. The number of hydrogen-bond acceptors (Lipinski definition) is 5. The number of thiazole rings is 1. The van der Waals surface area contributed by atoms with Gasteiger partial charge in [0, 0.05) is 37.2 Å². The molecule has 0 spiro atoms. The van der Waals surface area contributed by atoms with E-state index in [1.165, 1.54) is 9.88 Å². The molecule has 1 N–H and O–H groups in total. The van der Waals surface area contributed by atoms with Crippen LogP contribution >= 0.6 is 11.3 Å². The summed E-state index contributed by atoms with van der Waals surface area (Å²) < 4.78 is 5.51. The molecule has 128 valence electrons. The first kappa shape index (κ1) is 16.9. The second-order valence-electron chi connectivity index (χ2n) is 6.45. The van der Waals surface area contributed by atoms with E-state index in [9.17, 15) is 4.79 Å². The third-order valence-electron chi connectivity index (χ3n) is 4.80. The number of aromatic nitrogens is 1. The van der Waals surface area contributed by atoms with Crippen LogP contribution in [0.25, 0.3) is 0 Å². The van der Waals surface area contributed by atoms with Gasteiger partial charge < -0.3 is 15.0 Å². The van der Waals surface area contributed by atoms with Crippen LogP contribution in [0.3, 0.4) is 0 Å². The maximum absolute atomic E-state index is 12.3. The maximum Gasteiger partial charge on any atom is 0.251 e. The second-order valence-corrected chi connectivity index (χ2v) is 7.62. The number of amides is 1. The summed E-state index contributed by atoms with van der Waals surface area (Å²) in [6.45, 7) is 7.57. The molecule has 2 aliphatic rings. The average Bonchev–Trinajstić information content (AvgIpc) is 3.22. The van der Waals surface area contributed by atoms with Gasteiger partial charge in [0.25, 0.3) is 5.91 Å². The van der Waals surface area contributed by atoms with Crippen LogP contribution in [0.4, 0.5) is 0 Å². The Labute approximate surface area is 142 Å². The summed E-state index contributed by atoms with van der Waals surface area (Å²) in [6, 6.07) is 0.495. The molecule has 2 saturated heterocycles. The van der Waals surface area contributed by atoms with Crippen molar-refractivity contribution >= 4 is 17.2 Å².